The van der Waals surface area contributed by atoms with E-state index in [1.165, 1.54) is 9.75 Å². The van der Waals surface area contributed by atoms with Gasteiger partial charge in [0.15, 0.2) is 5.96 Å². The van der Waals surface area contributed by atoms with Crippen molar-refractivity contribution in [1.29, 1.82) is 0 Å². The summed E-state index contributed by atoms with van der Waals surface area (Å²) in [6.07, 6.45) is 1.11. The Hall–Kier alpha value is -1.07. The zero-order chi connectivity index (χ0) is 14.8. The van der Waals surface area contributed by atoms with Crippen molar-refractivity contribution in [3.63, 3.8) is 0 Å². The molecule has 1 aromatic rings. The van der Waals surface area contributed by atoms with Crippen molar-refractivity contribution in [2.75, 3.05) is 33.2 Å². The van der Waals surface area contributed by atoms with Crippen molar-refractivity contribution in [2.24, 2.45) is 4.99 Å². The molecule has 20 heavy (non-hydrogen) atoms. The summed E-state index contributed by atoms with van der Waals surface area (Å²) >= 11 is 1.87. The van der Waals surface area contributed by atoms with Crippen LogP contribution in [-0.2, 0) is 13.0 Å². The maximum absolute atomic E-state index is 4.26. The third-order valence-corrected chi connectivity index (χ3v) is 4.56. The third kappa shape index (κ3) is 5.92. The second-order valence-electron chi connectivity index (χ2n) is 4.60. The third-order valence-electron chi connectivity index (χ3n) is 3.33. The molecular formula is C15H28N4S. The number of nitrogens with zero attached hydrogens (tertiary/aromatic N) is 2. The summed E-state index contributed by atoms with van der Waals surface area (Å²) in [6.45, 7) is 11.6. The fourth-order valence-corrected chi connectivity index (χ4v) is 2.87. The van der Waals surface area contributed by atoms with Crippen molar-refractivity contribution in [3.05, 3.63) is 21.9 Å². The Bertz CT molecular complexity index is 396. The van der Waals surface area contributed by atoms with Gasteiger partial charge in [-0.05, 0) is 31.6 Å². The summed E-state index contributed by atoms with van der Waals surface area (Å²) in [5.41, 5.74) is 0. The maximum Gasteiger partial charge on any atom is 0.191 e. The van der Waals surface area contributed by atoms with Crippen LogP contribution in [0.25, 0.3) is 0 Å². The van der Waals surface area contributed by atoms with E-state index in [9.17, 15) is 0 Å². The van der Waals surface area contributed by atoms with Crippen LogP contribution in [0.5, 0.6) is 0 Å². The van der Waals surface area contributed by atoms with Gasteiger partial charge >= 0.3 is 0 Å². The largest absolute Gasteiger partial charge is 0.355 e. The highest BCUT2D eigenvalue weighted by Crippen LogP contribution is 2.16. The Kier molecular flexibility index (Phi) is 8.30. The molecule has 2 N–H and O–H groups in total. The fraction of sp³-hybridized carbons (Fsp3) is 0.667. The van der Waals surface area contributed by atoms with Crippen LogP contribution < -0.4 is 10.6 Å². The van der Waals surface area contributed by atoms with Gasteiger partial charge in [-0.3, -0.25) is 4.99 Å². The minimum Gasteiger partial charge on any atom is -0.355 e. The van der Waals surface area contributed by atoms with Gasteiger partial charge in [-0.25, -0.2) is 0 Å². The highest BCUT2D eigenvalue weighted by molar-refractivity contribution is 7.11. The fourth-order valence-electron chi connectivity index (χ4n) is 1.97. The van der Waals surface area contributed by atoms with Crippen LogP contribution >= 0.6 is 11.3 Å². The Balaban J connectivity index is 2.29. The quantitative estimate of drug-likeness (QED) is 0.571. The summed E-state index contributed by atoms with van der Waals surface area (Å²) < 4.78 is 0. The molecule has 0 spiro atoms. The lowest BCUT2D eigenvalue weighted by atomic mass is 10.3. The molecule has 4 nitrogen and oxygen atoms in total. The lowest BCUT2D eigenvalue weighted by Crippen LogP contribution is -2.41. The first-order chi connectivity index (χ1) is 9.73. The number of hydrogen-bond donors (Lipinski definition) is 2. The van der Waals surface area contributed by atoms with E-state index in [4.69, 9.17) is 0 Å². The Morgan fingerprint density at radius 2 is 1.85 bits per heavy atom. The van der Waals surface area contributed by atoms with Crippen LogP contribution in [0.15, 0.2) is 17.1 Å². The summed E-state index contributed by atoms with van der Waals surface area (Å²) in [5, 5.41) is 6.73. The molecule has 0 fully saturated rings. The monoisotopic (exact) mass is 296 g/mol. The van der Waals surface area contributed by atoms with E-state index in [0.29, 0.717) is 0 Å². The van der Waals surface area contributed by atoms with Crippen molar-refractivity contribution in [3.8, 4) is 0 Å². The Morgan fingerprint density at radius 1 is 1.15 bits per heavy atom. The van der Waals surface area contributed by atoms with Gasteiger partial charge in [0.2, 0.25) is 0 Å². The van der Waals surface area contributed by atoms with Gasteiger partial charge in [-0.15, -0.1) is 11.3 Å². The van der Waals surface area contributed by atoms with Gasteiger partial charge < -0.3 is 15.5 Å². The van der Waals surface area contributed by atoms with E-state index in [1.54, 1.807) is 0 Å². The SMILES string of the molecule is CCc1ccc(CNC(=NC)NCCN(CC)CC)s1. The van der Waals surface area contributed by atoms with Gasteiger partial charge in [0, 0.05) is 29.9 Å². The minimum atomic E-state index is 0.843. The number of nitrogens with one attached hydrogen (secondary N) is 2. The Labute approximate surface area is 127 Å². The molecule has 0 saturated carbocycles. The molecule has 0 aliphatic carbocycles. The number of thiophene rings is 1. The molecule has 0 atom stereocenters. The predicted molar refractivity (Wildman–Crippen MR) is 89.7 cm³/mol. The minimum absolute atomic E-state index is 0.843. The first kappa shape index (κ1) is 17.0. The maximum atomic E-state index is 4.26. The average molecular weight is 296 g/mol. The molecule has 1 heterocycles. The van der Waals surface area contributed by atoms with Crippen LogP contribution in [0.4, 0.5) is 0 Å². The van der Waals surface area contributed by atoms with E-state index in [-0.39, 0.29) is 0 Å². The van der Waals surface area contributed by atoms with Crippen molar-refractivity contribution in [2.45, 2.75) is 33.7 Å². The first-order valence-electron chi connectivity index (χ1n) is 7.47. The van der Waals surface area contributed by atoms with Crippen molar-refractivity contribution >= 4 is 17.3 Å². The molecule has 0 aliphatic rings. The van der Waals surface area contributed by atoms with Crippen LogP contribution in [0, 0.1) is 0 Å². The van der Waals surface area contributed by atoms with Crippen molar-refractivity contribution < 1.29 is 0 Å². The lowest BCUT2D eigenvalue weighted by Gasteiger charge is -2.19. The lowest BCUT2D eigenvalue weighted by molar-refractivity contribution is 0.308. The second kappa shape index (κ2) is 9.77. The molecule has 1 rings (SSSR count). The second-order valence-corrected chi connectivity index (χ2v) is 5.85. The molecular weight excluding hydrogens is 268 g/mol. The number of guanidine groups is 1. The number of likely N-dealkylation sites (N-methyl/N-ethyl adjacent to an activating group) is 1. The molecule has 0 bridgehead atoms. The van der Waals surface area contributed by atoms with Crippen LogP contribution in [-0.4, -0.2) is 44.1 Å². The molecule has 0 unspecified atom stereocenters. The van der Waals surface area contributed by atoms with Crippen LogP contribution in [0.2, 0.25) is 0 Å². The smallest absolute Gasteiger partial charge is 0.191 e. The van der Waals surface area contributed by atoms with E-state index < -0.39 is 0 Å². The van der Waals surface area contributed by atoms with Gasteiger partial charge in [0.05, 0.1) is 6.54 Å². The molecule has 0 aliphatic heterocycles. The van der Waals surface area contributed by atoms with Crippen molar-refractivity contribution in [1.82, 2.24) is 15.5 Å². The molecule has 0 amide bonds. The number of aryl methyl sites for hydroxylation is 1. The van der Waals surface area contributed by atoms with E-state index >= 15 is 0 Å². The highest BCUT2D eigenvalue weighted by atomic mass is 32.1. The number of hydrogen-bond acceptors (Lipinski definition) is 3. The average Bonchev–Trinajstić information content (AvgIpc) is 2.95. The standard InChI is InChI=1S/C15H28N4S/c1-5-13-8-9-14(20-13)12-18-15(16-4)17-10-11-19(6-2)7-3/h8-9H,5-7,10-12H2,1-4H3,(H2,16,17,18). The van der Waals surface area contributed by atoms with Crippen LogP contribution in [0.1, 0.15) is 30.5 Å². The molecule has 0 radical (unpaired) electrons. The van der Waals surface area contributed by atoms with E-state index in [0.717, 1.165) is 45.1 Å². The molecule has 0 saturated heterocycles. The zero-order valence-electron chi connectivity index (χ0n) is 13.2. The normalized spacial score (nSPS) is 11.9. The van der Waals surface area contributed by atoms with Gasteiger partial charge in [0.1, 0.15) is 0 Å². The topological polar surface area (TPSA) is 39.7 Å². The molecule has 114 valence electrons. The number of aliphatic imine (C=N–C) groups is 1. The van der Waals surface area contributed by atoms with E-state index in [1.807, 2.05) is 18.4 Å². The van der Waals surface area contributed by atoms with Crippen LogP contribution in [0.3, 0.4) is 0 Å². The Morgan fingerprint density at radius 3 is 2.40 bits per heavy atom. The van der Waals surface area contributed by atoms with Gasteiger partial charge in [-0.1, -0.05) is 20.8 Å². The first-order valence-corrected chi connectivity index (χ1v) is 8.29. The van der Waals surface area contributed by atoms with Gasteiger partial charge in [-0.2, -0.15) is 0 Å². The molecule has 1 aromatic heterocycles. The number of rotatable bonds is 8. The molecule has 5 heteroatoms. The zero-order valence-corrected chi connectivity index (χ0v) is 14.0. The summed E-state index contributed by atoms with van der Waals surface area (Å²) in [4.78, 5) is 9.45. The van der Waals surface area contributed by atoms with Gasteiger partial charge in [0.25, 0.3) is 0 Å². The summed E-state index contributed by atoms with van der Waals surface area (Å²) in [6, 6.07) is 4.40. The predicted octanol–water partition coefficient (Wildman–Crippen LogP) is 2.32. The highest BCUT2D eigenvalue weighted by Gasteiger charge is 2.02. The van der Waals surface area contributed by atoms with E-state index in [2.05, 4.69) is 53.4 Å². The summed E-state index contributed by atoms with van der Waals surface area (Å²) in [5.74, 6) is 0.878. The molecule has 0 aromatic carbocycles. The summed E-state index contributed by atoms with van der Waals surface area (Å²) in [7, 11) is 1.82.